The zero-order chi connectivity index (χ0) is 24.6. The van der Waals surface area contributed by atoms with Crippen molar-refractivity contribution in [2.45, 2.75) is 46.1 Å². The highest BCUT2D eigenvalue weighted by molar-refractivity contribution is 6.30. The molecule has 4 aromatic rings. The summed E-state index contributed by atoms with van der Waals surface area (Å²) in [4.78, 5) is 36.8. The molecule has 4 rings (SSSR count). The summed E-state index contributed by atoms with van der Waals surface area (Å²) in [6, 6.07) is 9.32. The first-order valence-corrected chi connectivity index (χ1v) is 11.2. The Bertz CT molecular complexity index is 1470. The fourth-order valence-corrected chi connectivity index (χ4v) is 4.20. The van der Waals surface area contributed by atoms with Crippen LogP contribution in [0, 0.1) is 20.8 Å². The number of furan rings is 1. The Morgan fingerprint density at radius 3 is 2.32 bits per heavy atom. The third-order valence-electron chi connectivity index (χ3n) is 6.17. The van der Waals surface area contributed by atoms with Gasteiger partial charge in [0.05, 0.1) is 0 Å². The Kier molecular flexibility index (Phi) is 6.48. The summed E-state index contributed by atoms with van der Waals surface area (Å²) in [5, 5.41) is 14.3. The molecule has 8 heteroatoms. The van der Waals surface area contributed by atoms with Gasteiger partial charge in [-0.15, -0.1) is 0 Å². The van der Waals surface area contributed by atoms with E-state index in [1.54, 1.807) is 30.3 Å². The molecule has 1 atom stereocenters. The molecule has 0 radical (unpaired) electrons. The minimum absolute atomic E-state index is 0.0480. The molecule has 1 amide bonds. The summed E-state index contributed by atoms with van der Waals surface area (Å²) in [6.07, 6.45) is 0.201. The highest BCUT2D eigenvalue weighted by atomic mass is 35.5. The standard InChI is InChI=1S/C26H24ClNO6/c1-13-15(3)33-22-12-23-20(11-19(13)22)14(2)18(26(32)34-23)8-9-24(29)28-21(25(30)31)10-16-4-6-17(27)7-5-16/h4-7,11-12,21H,8-10H2,1-3H3,(H,28,29)(H,30,31)/t21-/m0/s1. The summed E-state index contributed by atoms with van der Waals surface area (Å²) in [6.45, 7) is 5.67. The minimum Gasteiger partial charge on any atom is -0.480 e. The number of hydrogen-bond acceptors (Lipinski definition) is 5. The lowest BCUT2D eigenvalue weighted by atomic mass is 10.00. The SMILES string of the molecule is Cc1oc2cc3oc(=O)c(CCC(=O)N[C@@H](Cc4ccc(Cl)cc4)C(=O)O)c(C)c3cc2c1C. The highest BCUT2D eigenvalue weighted by Crippen LogP contribution is 2.31. The number of benzene rings is 2. The van der Waals surface area contributed by atoms with Crippen molar-refractivity contribution in [3.8, 4) is 0 Å². The number of aryl methyl sites for hydroxylation is 3. The van der Waals surface area contributed by atoms with Gasteiger partial charge in [-0.05, 0) is 62.1 Å². The molecular weight excluding hydrogens is 458 g/mol. The molecule has 2 aromatic carbocycles. The average molecular weight is 482 g/mol. The second-order valence-corrected chi connectivity index (χ2v) is 8.85. The van der Waals surface area contributed by atoms with Gasteiger partial charge in [0.25, 0.3) is 0 Å². The van der Waals surface area contributed by atoms with Gasteiger partial charge in [0.2, 0.25) is 5.91 Å². The highest BCUT2D eigenvalue weighted by Gasteiger charge is 2.21. The molecule has 2 aromatic heterocycles. The third kappa shape index (κ3) is 4.70. The number of aliphatic carboxylic acids is 1. The van der Waals surface area contributed by atoms with Gasteiger partial charge in [-0.1, -0.05) is 23.7 Å². The molecule has 0 fully saturated rings. The van der Waals surface area contributed by atoms with Gasteiger partial charge in [0.1, 0.15) is 23.0 Å². The van der Waals surface area contributed by atoms with E-state index in [0.29, 0.717) is 21.8 Å². The van der Waals surface area contributed by atoms with E-state index in [4.69, 9.17) is 20.4 Å². The van der Waals surface area contributed by atoms with Crippen molar-refractivity contribution in [1.29, 1.82) is 0 Å². The second kappa shape index (κ2) is 9.35. The van der Waals surface area contributed by atoms with E-state index in [1.165, 1.54) is 0 Å². The third-order valence-corrected chi connectivity index (χ3v) is 6.42. The van der Waals surface area contributed by atoms with Crippen molar-refractivity contribution in [3.63, 3.8) is 0 Å². The first kappa shape index (κ1) is 23.6. The van der Waals surface area contributed by atoms with Crippen LogP contribution >= 0.6 is 11.6 Å². The Labute approximate surface area is 200 Å². The number of carboxylic acid groups (broad SMARTS) is 1. The van der Waals surface area contributed by atoms with Gasteiger partial charge < -0.3 is 19.3 Å². The van der Waals surface area contributed by atoms with E-state index in [1.807, 2.05) is 26.8 Å². The predicted octanol–water partition coefficient (Wildman–Crippen LogP) is 4.86. The number of hydrogen-bond donors (Lipinski definition) is 2. The van der Waals surface area contributed by atoms with Crippen LogP contribution < -0.4 is 10.9 Å². The van der Waals surface area contributed by atoms with Crippen LogP contribution in [-0.2, 0) is 22.4 Å². The maximum atomic E-state index is 12.6. The maximum Gasteiger partial charge on any atom is 0.339 e. The van der Waals surface area contributed by atoms with E-state index in [0.717, 1.165) is 33.2 Å². The molecule has 0 aliphatic heterocycles. The summed E-state index contributed by atoms with van der Waals surface area (Å²) < 4.78 is 11.2. The Balaban J connectivity index is 1.52. The van der Waals surface area contributed by atoms with Crippen LogP contribution in [0.4, 0.5) is 0 Å². The van der Waals surface area contributed by atoms with Crippen LogP contribution in [0.25, 0.3) is 21.9 Å². The van der Waals surface area contributed by atoms with Gasteiger partial charge in [-0.3, -0.25) is 4.79 Å². The van der Waals surface area contributed by atoms with Crippen molar-refractivity contribution >= 4 is 45.4 Å². The zero-order valence-electron chi connectivity index (χ0n) is 19.0. The molecule has 0 bridgehead atoms. The van der Waals surface area contributed by atoms with Crippen molar-refractivity contribution < 1.29 is 23.5 Å². The summed E-state index contributed by atoms with van der Waals surface area (Å²) >= 11 is 5.87. The summed E-state index contributed by atoms with van der Waals surface area (Å²) in [7, 11) is 0. The summed E-state index contributed by atoms with van der Waals surface area (Å²) in [5.74, 6) is -0.801. The van der Waals surface area contributed by atoms with Crippen LogP contribution in [0.3, 0.4) is 0 Å². The van der Waals surface area contributed by atoms with Crippen LogP contribution in [-0.4, -0.2) is 23.0 Å². The number of rotatable bonds is 7. The molecular formula is C26H24ClNO6. The Hall–Kier alpha value is -3.58. The van der Waals surface area contributed by atoms with Crippen molar-refractivity contribution in [2.75, 3.05) is 0 Å². The molecule has 0 saturated heterocycles. The van der Waals surface area contributed by atoms with E-state index in [2.05, 4.69) is 5.32 Å². The number of carbonyl (C=O) groups is 2. The fraction of sp³-hybridized carbons (Fsp3) is 0.269. The van der Waals surface area contributed by atoms with Gasteiger partial charge in [-0.25, -0.2) is 9.59 Å². The van der Waals surface area contributed by atoms with Crippen LogP contribution in [0.15, 0.2) is 50.0 Å². The van der Waals surface area contributed by atoms with Crippen LogP contribution in [0.5, 0.6) is 0 Å². The van der Waals surface area contributed by atoms with Crippen LogP contribution in [0.1, 0.15) is 34.4 Å². The fourth-order valence-electron chi connectivity index (χ4n) is 4.08. The van der Waals surface area contributed by atoms with Gasteiger partial charge in [-0.2, -0.15) is 0 Å². The first-order valence-electron chi connectivity index (χ1n) is 10.9. The van der Waals surface area contributed by atoms with Crippen molar-refractivity contribution in [3.05, 3.63) is 79.9 Å². The number of nitrogens with one attached hydrogen (secondary N) is 1. The first-order chi connectivity index (χ1) is 16.1. The van der Waals surface area contributed by atoms with Crippen molar-refractivity contribution in [2.24, 2.45) is 0 Å². The number of carbonyl (C=O) groups excluding carboxylic acids is 1. The molecule has 0 unspecified atom stereocenters. The molecule has 0 saturated carbocycles. The van der Waals surface area contributed by atoms with Gasteiger partial charge in [0.15, 0.2) is 0 Å². The number of fused-ring (bicyclic) bond motifs is 2. The number of amides is 1. The largest absolute Gasteiger partial charge is 0.480 e. The Morgan fingerprint density at radius 2 is 1.65 bits per heavy atom. The van der Waals surface area contributed by atoms with E-state index in [9.17, 15) is 19.5 Å². The predicted molar refractivity (Wildman–Crippen MR) is 130 cm³/mol. The average Bonchev–Trinajstić information content (AvgIpc) is 3.06. The lowest BCUT2D eigenvalue weighted by Crippen LogP contribution is -2.42. The van der Waals surface area contributed by atoms with Gasteiger partial charge in [0, 0.05) is 40.3 Å². The van der Waals surface area contributed by atoms with Gasteiger partial charge >= 0.3 is 11.6 Å². The quantitative estimate of drug-likeness (QED) is 0.365. The van der Waals surface area contributed by atoms with Crippen molar-refractivity contribution in [1.82, 2.24) is 5.32 Å². The lowest BCUT2D eigenvalue weighted by molar-refractivity contribution is -0.141. The number of carboxylic acids is 1. The minimum atomic E-state index is -1.14. The number of halogens is 1. The molecule has 0 aliphatic carbocycles. The molecule has 0 aliphatic rings. The lowest BCUT2D eigenvalue weighted by Gasteiger charge is -2.15. The van der Waals surface area contributed by atoms with Crippen LogP contribution in [0.2, 0.25) is 5.02 Å². The molecule has 176 valence electrons. The molecule has 2 N–H and O–H groups in total. The van der Waals surface area contributed by atoms with E-state index in [-0.39, 0.29) is 19.3 Å². The summed E-state index contributed by atoms with van der Waals surface area (Å²) in [5.41, 5.74) is 3.43. The molecule has 2 heterocycles. The zero-order valence-corrected chi connectivity index (χ0v) is 19.8. The topological polar surface area (TPSA) is 110 Å². The van der Waals surface area contributed by atoms with E-state index >= 15 is 0 Å². The smallest absolute Gasteiger partial charge is 0.339 e. The molecule has 7 nitrogen and oxygen atoms in total. The molecule has 34 heavy (non-hydrogen) atoms. The maximum absolute atomic E-state index is 12.6. The monoisotopic (exact) mass is 481 g/mol. The second-order valence-electron chi connectivity index (χ2n) is 8.41. The normalized spacial score (nSPS) is 12.2. The van der Waals surface area contributed by atoms with E-state index < -0.39 is 23.5 Å². The Morgan fingerprint density at radius 1 is 1.00 bits per heavy atom. The molecule has 0 spiro atoms.